The lowest BCUT2D eigenvalue weighted by Gasteiger charge is -2.27. The van der Waals surface area contributed by atoms with E-state index in [1.165, 1.54) is 48.5 Å². The predicted octanol–water partition coefficient (Wildman–Crippen LogP) is 5.75. The van der Waals surface area contributed by atoms with Crippen molar-refractivity contribution in [3.8, 4) is 23.0 Å². The number of halogens is 2. The molecule has 0 saturated carbocycles. The smallest absolute Gasteiger partial charge is 0.335 e. The number of rotatable bonds is 13. The highest BCUT2D eigenvalue weighted by molar-refractivity contribution is 6.39. The number of amides is 5. The van der Waals surface area contributed by atoms with E-state index in [0.29, 0.717) is 24.7 Å². The second kappa shape index (κ2) is 15.1. The van der Waals surface area contributed by atoms with E-state index >= 15 is 0 Å². The Kier molecular flexibility index (Phi) is 11.0. The van der Waals surface area contributed by atoms with Crippen molar-refractivity contribution in [2.24, 2.45) is 0 Å². The molecule has 45 heavy (non-hydrogen) atoms. The molecule has 0 spiro atoms. The number of nitrogens with zero attached hydrogens (tertiary/aromatic N) is 1. The normalized spacial score (nSPS) is 13.8. The molecule has 11 nitrogen and oxygen atoms in total. The number of benzene rings is 3. The number of hydrogen-bond donors (Lipinski definition) is 2. The molecule has 1 heterocycles. The molecule has 4 rings (SSSR count). The largest absolute Gasteiger partial charge is 0.490 e. The quantitative estimate of drug-likeness (QED) is 0.179. The van der Waals surface area contributed by atoms with Crippen molar-refractivity contribution in [1.29, 1.82) is 0 Å². The first kappa shape index (κ1) is 32.8. The van der Waals surface area contributed by atoms with Gasteiger partial charge in [-0.25, -0.2) is 14.1 Å². The highest BCUT2D eigenvalue weighted by atomic mass is 35.5. The molecule has 0 unspecified atom stereocenters. The Labute approximate surface area is 263 Å². The standard InChI is InChI=1S/C32H31ClFN3O8/c1-4-13-44-25-12-11-20(17-26(25)42-5-2)37-31(40)21(30(39)36-32(37)41)14-19-15-22(33)29(27(16-19)43-6-3)45-18-28(38)35-24-10-8-7-9-23(24)34/h7-12,14-17H,4-6,13,18H2,1-3H3,(H,35,38)(H,36,39,41)/b21-14+. The summed E-state index contributed by atoms with van der Waals surface area (Å²) < 4.78 is 36.5. The number of anilines is 2. The van der Waals surface area contributed by atoms with Gasteiger partial charge in [-0.05, 0) is 68.3 Å². The molecule has 5 amide bonds. The van der Waals surface area contributed by atoms with Gasteiger partial charge in [-0.15, -0.1) is 0 Å². The van der Waals surface area contributed by atoms with E-state index in [2.05, 4.69) is 10.6 Å². The van der Waals surface area contributed by atoms with Crippen LogP contribution in [0.3, 0.4) is 0 Å². The summed E-state index contributed by atoms with van der Waals surface area (Å²) >= 11 is 6.47. The van der Waals surface area contributed by atoms with Crippen LogP contribution in [0, 0.1) is 5.82 Å². The lowest BCUT2D eigenvalue weighted by molar-refractivity contribution is -0.122. The summed E-state index contributed by atoms with van der Waals surface area (Å²) in [5.41, 5.74) is 0.0729. The van der Waals surface area contributed by atoms with E-state index in [1.807, 2.05) is 6.92 Å². The van der Waals surface area contributed by atoms with Crippen molar-refractivity contribution in [1.82, 2.24) is 5.32 Å². The molecule has 0 aliphatic carbocycles. The molecular weight excluding hydrogens is 609 g/mol. The number of ether oxygens (including phenoxy) is 4. The number of carbonyl (C=O) groups excluding carboxylic acids is 4. The number of hydrogen-bond acceptors (Lipinski definition) is 8. The number of barbiturate groups is 1. The van der Waals surface area contributed by atoms with Crippen molar-refractivity contribution in [2.75, 3.05) is 36.6 Å². The Hall–Kier alpha value is -5.10. The van der Waals surface area contributed by atoms with Crippen LogP contribution in [0.15, 0.2) is 60.2 Å². The van der Waals surface area contributed by atoms with Crippen molar-refractivity contribution in [3.05, 3.63) is 76.6 Å². The minimum Gasteiger partial charge on any atom is -0.490 e. The van der Waals surface area contributed by atoms with Crippen LogP contribution in [-0.4, -0.2) is 50.2 Å². The average Bonchev–Trinajstić information content (AvgIpc) is 3.00. The topological polar surface area (TPSA) is 132 Å². The third-order valence-electron chi connectivity index (χ3n) is 6.19. The molecule has 0 radical (unpaired) electrons. The molecule has 2 N–H and O–H groups in total. The SMILES string of the molecule is CCCOc1ccc(N2C(=O)NC(=O)/C(=C\c3cc(Cl)c(OCC(=O)Nc4ccccc4F)c(OCC)c3)C2=O)cc1OCC. The molecule has 1 fully saturated rings. The molecule has 1 aliphatic heterocycles. The number of nitrogens with one attached hydrogen (secondary N) is 2. The van der Waals surface area contributed by atoms with Crippen molar-refractivity contribution >= 4 is 52.8 Å². The van der Waals surface area contributed by atoms with Gasteiger partial charge < -0.3 is 24.3 Å². The maximum atomic E-state index is 13.9. The Morgan fingerprint density at radius 1 is 0.933 bits per heavy atom. The zero-order chi connectivity index (χ0) is 32.5. The monoisotopic (exact) mass is 639 g/mol. The summed E-state index contributed by atoms with van der Waals surface area (Å²) in [5, 5.41) is 4.59. The second-order valence-electron chi connectivity index (χ2n) is 9.45. The predicted molar refractivity (Wildman–Crippen MR) is 166 cm³/mol. The maximum Gasteiger partial charge on any atom is 0.335 e. The van der Waals surface area contributed by atoms with Gasteiger partial charge in [-0.1, -0.05) is 30.7 Å². The first-order valence-corrected chi connectivity index (χ1v) is 14.5. The van der Waals surface area contributed by atoms with E-state index < -0.39 is 36.2 Å². The van der Waals surface area contributed by atoms with Crippen LogP contribution < -0.4 is 34.5 Å². The van der Waals surface area contributed by atoms with Gasteiger partial charge in [0.2, 0.25) is 0 Å². The fourth-order valence-electron chi connectivity index (χ4n) is 4.25. The number of carbonyl (C=O) groups is 4. The fraction of sp³-hybridized carbons (Fsp3) is 0.250. The Balaban J connectivity index is 1.60. The molecule has 0 atom stereocenters. The fourth-order valence-corrected chi connectivity index (χ4v) is 4.53. The lowest BCUT2D eigenvalue weighted by Crippen LogP contribution is -2.54. The van der Waals surface area contributed by atoms with Crippen LogP contribution in [-0.2, 0) is 14.4 Å². The molecule has 0 bridgehead atoms. The highest BCUT2D eigenvalue weighted by Crippen LogP contribution is 2.38. The van der Waals surface area contributed by atoms with Crippen LogP contribution in [0.2, 0.25) is 5.02 Å². The zero-order valence-corrected chi connectivity index (χ0v) is 25.5. The summed E-state index contributed by atoms with van der Waals surface area (Å²) in [6, 6.07) is 12.2. The van der Waals surface area contributed by atoms with E-state index in [0.717, 1.165) is 11.3 Å². The summed E-state index contributed by atoms with van der Waals surface area (Å²) in [6.45, 7) is 5.89. The first-order valence-electron chi connectivity index (χ1n) is 14.1. The van der Waals surface area contributed by atoms with Gasteiger partial charge in [0.25, 0.3) is 17.7 Å². The second-order valence-corrected chi connectivity index (χ2v) is 9.86. The Morgan fingerprint density at radius 2 is 1.67 bits per heavy atom. The first-order chi connectivity index (χ1) is 21.7. The summed E-state index contributed by atoms with van der Waals surface area (Å²) in [7, 11) is 0. The van der Waals surface area contributed by atoms with Crippen molar-refractivity contribution in [2.45, 2.75) is 27.2 Å². The van der Waals surface area contributed by atoms with Crippen LogP contribution in [0.5, 0.6) is 23.0 Å². The minimum atomic E-state index is -0.933. The van der Waals surface area contributed by atoms with Gasteiger partial charge >= 0.3 is 6.03 Å². The molecule has 236 valence electrons. The van der Waals surface area contributed by atoms with E-state index in [-0.39, 0.29) is 45.6 Å². The van der Waals surface area contributed by atoms with Gasteiger partial charge in [-0.3, -0.25) is 19.7 Å². The van der Waals surface area contributed by atoms with Gasteiger partial charge in [0, 0.05) is 6.07 Å². The molecule has 13 heteroatoms. The van der Waals surface area contributed by atoms with Crippen molar-refractivity contribution < 1.29 is 42.5 Å². The number of imide groups is 2. The average molecular weight is 640 g/mol. The highest BCUT2D eigenvalue weighted by Gasteiger charge is 2.37. The molecule has 3 aromatic rings. The third-order valence-corrected chi connectivity index (χ3v) is 6.47. The molecule has 3 aromatic carbocycles. The molecular formula is C32H31ClFN3O8. The van der Waals surface area contributed by atoms with Crippen LogP contribution >= 0.6 is 11.6 Å². The van der Waals surface area contributed by atoms with Gasteiger partial charge in [0.1, 0.15) is 11.4 Å². The van der Waals surface area contributed by atoms with Gasteiger partial charge in [0.05, 0.1) is 36.2 Å². The van der Waals surface area contributed by atoms with Crippen LogP contribution in [0.1, 0.15) is 32.8 Å². The molecule has 0 aromatic heterocycles. The maximum absolute atomic E-state index is 13.9. The number of para-hydroxylation sites is 1. The Morgan fingerprint density at radius 3 is 2.38 bits per heavy atom. The van der Waals surface area contributed by atoms with Gasteiger partial charge in [-0.2, -0.15) is 0 Å². The van der Waals surface area contributed by atoms with Gasteiger partial charge in [0.15, 0.2) is 29.6 Å². The zero-order valence-electron chi connectivity index (χ0n) is 24.8. The number of urea groups is 1. The summed E-state index contributed by atoms with van der Waals surface area (Å²) in [5.74, 6) is -2.12. The Bertz CT molecular complexity index is 1640. The molecule has 1 saturated heterocycles. The summed E-state index contributed by atoms with van der Waals surface area (Å²) in [6.07, 6.45) is 2.02. The van der Waals surface area contributed by atoms with E-state index in [4.69, 9.17) is 30.5 Å². The molecule has 1 aliphatic rings. The third kappa shape index (κ3) is 7.90. The van der Waals surface area contributed by atoms with Crippen LogP contribution in [0.4, 0.5) is 20.6 Å². The van der Waals surface area contributed by atoms with Crippen LogP contribution in [0.25, 0.3) is 6.08 Å². The lowest BCUT2D eigenvalue weighted by atomic mass is 10.1. The van der Waals surface area contributed by atoms with E-state index in [1.54, 1.807) is 26.0 Å². The van der Waals surface area contributed by atoms with Crippen molar-refractivity contribution in [3.63, 3.8) is 0 Å². The minimum absolute atomic E-state index is 0.00659. The summed E-state index contributed by atoms with van der Waals surface area (Å²) in [4.78, 5) is 52.3. The van der Waals surface area contributed by atoms with E-state index in [9.17, 15) is 23.6 Å².